The summed E-state index contributed by atoms with van der Waals surface area (Å²) in [7, 11) is 0. The lowest BCUT2D eigenvalue weighted by Gasteiger charge is -2.38. The lowest BCUT2D eigenvalue weighted by Crippen LogP contribution is -2.52. The van der Waals surface area contributed by atoms with Gasteiger partial charge in [-0.25, -0.2) is 0 Å². The zero-order chi connectivity index (χ0) is 13.4. The van der Waals surface area contributed by atoms with Gasteiger partial charge in [-0.05, 0) is 31.8 Å². The lowest BCUT2D eigenvalue weighted by atomic mass is 9.95. The van der Waals surface area contributed by atoms with Gasteiger partial charge in [0, 0.05) is 19.1 Å². The first-order valence-electron chi connectivity index (χ1n) is 7.78. The third kappa shape index (κ3) is 5.25. The van der Waals surface area contributed by atoms with E-state index < -0.39 is 0 Å². The SMILES string of the molecule is CCCN1CCOC(C(CC(C)CC)NCC)C1. The maximum Gasteiger partial charge on any atom is 0.0855 e. The molecule has 18 heavy (non-hydrogen) atoms. The molecule has 3 atom stereocenters. The Balaban J connectivity index is 2.49. The van der Waals surface area contributed by atoms with Gasteiger partial charge in [0.15, 0.2) is 0 Å². The molecule has 0 aromatic rings. The normalized spacial score (nSPS) is 25.0. The molecule has 1 rings (SSSR count). The van der Waals surface area contributed by atoms with Crippen LogP contribution in [0.5, 0.6) is 0 Å². The molecule has 1 saturated heterocycles. The molecule has 0 aliphatic carbocycles. The van der Waals surface area contributed by atoms with Crippen LogP contribution in [0.2, 0.25) is 0 Å². The van der Waals surface area contributed by atoms with Crippen LogP contribution in [-0.2, 0) is 4.74 Å². The van der Waals surface area contributed by atoms with Crippen molar-refractivity contribution in [1.82, 2.24) is 10.2 Å². The Morgan fingerprint density at radius 3 is 2.72 bits per heavy atom. The molecule has 0 bridgehead atoms. The molecule has 0 spiro atoms. The van der Waals surface area contributed by atoms with Crippen LogP contribution in [0.3, 0.4) is 0 Å². The fraction of sp³-hybridized carbons (Fsp3) is 1.00. The van der Waals surface area contributed by atoms with Gasteiger partial charge in [-0.3, -0.25) is 4.90 Å². The van der Waals surface area contributed by atoms with E-state index in [1.165, 1.54) is 25.8 Å². The summed E-state index contributed by atoms with van der Waals surface area (Å²) in [5.74, 6) is 0.777. The van der Waals surface area contributed by atoms with Crippen molar-refractivity contribution in [2.24, 2.45) is 5.92 Å². The van der Waals surface area contributed by atoms with Crippen molar-refractivity contribution in [2.75, 3.05) is 32.8 Å². The summed E-state index contributed by atoms with van der Waals surface area (Å²) in [6.45, 7) is 14.4. The zero-order valence-corrected chi connectivity index (χ0v) is 12.7. The highest BCUT2D eigenvalue weighted by Gasteiger charge is 2.28. The third-order valence-corrected chi connectivity index (χ3v) is 3.99. The quantitative estimate of drug-likeness (QED) is 0.722. The van der Waals surface area contributed by atoms with Crippen molar-refractivity contribution in [1.29, 1.82) is 0 Å². The van der Waals surface area contributed by atoms with Crippen molar-refractivity contribution >= 4 is 0 Å². The van der Waals surface area contributed by atoms with Crippen LogP contribution in [0.4, 0.5) is 0 Å². The second-order valence-corrected chi connectivity index (χ2v) is 5.62. The van der Waals surface area contributed by atoms with Crippen LogP contribution in [0, 0.1) is 5.92 Å². The molecule has 3 heteroatoms. The van der Waals surface area contributed by atoms with Crippen molar-refractivity contribution in [3.05, 3.63) is 0 Å². The molecule has 3 unspecified atom stereocenters. The molecule has 1 N–H and O–H groups in total. The summed E-state index contributed by atoms with van der Waals surface area (Å²) in [5, 5.41) is 3.63. The molecule has 1 aliphatic heterocycles. The van der Waals surface area contributed by atoms with Crippen LogP contribution >= 0.6 is 0 Å². The van der Waals surface area contributed by atoms with E-state index in [9.17, 15) is 0 Å². The van der Waals surface area contributed by atoms with Crippen molar-refractivity contribution in [3.8, 4) is 0 Å². The number of nitrogens with zero attached hydrogens (tertiary/aromatic N) is 1. The van der Waals surface area contributed by atoms with Gasteiger partial charge < -0.3 is 10.1 Å². The Morgan fingerprint density at radius 2 is 2.11 bits per heavy atom. The summed E-state index contributed by atoms with van der Waals surface area (Å²) in [4.78, 5) is 2.55. The highest BCUT2D eigenvalue weighted by molar-refractivity contribution is 4.84. The first-order valence-corrected chi connectivity index (χ1v) is 7.78. The van der Waals surface area contributed by atoms with Crippen LogP contribution in [0.15, 0.2) is 0 Å². The predicted octanol–water partition coefficient (Wildman–Crippen LogP) is 2.51. The van der Waals surface area contributed by atoms with E-state index in [2.05, 4.69) is 37.9 Å². The maximum absolute atomic E-state index is 6.01. The Morgan fingerprint density at radius 1 is 1.33 bits per heavy atom. The van der Waals surface area contributed by atoms with Gasteiger partial charge in [0.2, 0.25) is 0 Å². The monoisotopic (exact) mass is 256 g/mol. The number of likely N-dealkylation sites (N-methyl/N-ethyl adjacent to an activating group) is 1. The van der Waals surface area contributed by atoms with Crippen molar-refractivity contribution in [2.45, 2.75) is 59.1 Å². The highest BCUT2D eigenvalue weighted by Crippen LogP contribution is 2.17. The Kier molecular flexibility index (Phi) is 7.87. The Hall–Kier alpha value is -0.120. The Bertz CT molecular complexity index is 209. The second kappa shape index (κ2) is 8.89. The standard InChI is InChI=1S/C15H32N2O/c1-5-8-17-9-10-18-15(12-17)14(16-7-3)11-13(4)6-2/h13-16H,5-12H2,1-4H3. The van der Waals surface area contributed by atoms with Gasteiger partial charge >= 0.3 is 0 Å². The lowest BCUT2D eigenvalue weighted by molar-refractivity contribution is -0.0494. The van der Waals surface area contributed by atoms with Crippen LogP contribution in [0.25, 0.3) is 0 Å². The fourth-order valence-electron chi connectivity index (χ4n) is 2.72. The predicted molar refractivity (Wildman–Crippen MR) is 78.0 cm³/mol. The summed E-state index contributed by atoms with van der Waals surface area (Å²) >= 11 is 0. The fourth-order valence-corrected chi connectivity index (χ4v) is 2.72. The molecule has 0 saturated carbocycles. The topological polar surface area (TPSA) is 24.5 Å². The molecule has 0 amide bonds. The molecule has 108 valence electrons. The molecular weight excluding hydrogens is 224 g/mol. The summed E-state index contributed by atoms with van der Waals surface area (Å²) in [6.07, 6.45) is 4.10. The second-order valence-electron chi connectivity index (χ2n) is 5.62. The minimum atomic E-state index is 0.374. The molecule has 0 aromatic carbocycles. The smallest absolute Gasteiger partial charge is 0.0855 e. The van der Waals surface area contributed by atoms with Gasteiger partial charge in [-0.2, -0.15) is 0 Å². The number of ether oxygens (including phenoxy) is 1. The van der Waals surface area contributed by atoms with Crippen LogP contribution in [-0.4, -0.2) is 49.8 Å². The molecule has 1 aliphatic rings. The summed E-state index contributed by atoms with van der Waals surface area (Å²) in [6, 6.07) is 0.518. The van der Waals surface area contributed by atoms with E-state index in [0.29, 0.717) is 12.1 Å². The average molecular weight is 256 g/mol. The first-order chi connectivity index (χ1) is 8.71. The van der Waals surface area contributed by atoms with E-state index in [-0.39, 0.29) is 0 Å². The van der Waals surface area contributed by atoms with Gasteiger partial charge in [0.05, 0.1) is 12.7 Å². The summed E-state index contributed by atoms with van der Waals surface area (Å²) in [5.41, 5.74) is 0. The van der Waals surface area contributed by atoms with Gasteiger partial charge in [0.25, 0.3) is 0 Å². The minimum Gasteiger partial charge on any atom is -0.374 e. The van der Waals surface area contributed by atoms with E-state index in [1.807, 2.05) is 0 Å². The van der Waals surface area contributed by atoms with E-state index in [1.54, 1.807) is 0 Å². The van der Waals surface area contributed by atoms with Crippen molar-refractivity contribution < 1.29 is 4.74 Å². The largest absolute Gasteiger partial charge is 0.374 e. The highest BCUT2D eigenvalue weighted by atomic mass is 16.5. The number of rotatable bonds is 8. The van der Waals surface area contributed by atoms with Crippen molar-refractivity contribution in [3.63, 3.8) is 0 Å². The summed E-state index contributed by atoms with van der Waals surface area (Å²) < 4.78 is 6.01. The zero-order valence-electron chi connectivity index (χ0n) is 12.7. The van der Waals surface area contributed by atoms with E-state index in [0.717, 1.165) is 32.2 Å². The maximum atomic E-state index is 6.01. The molecule has 1 heterocycles. The molecule has 0 radical (unpaired) electrons. The van der Waals surface area contributed by atoms with Crippen LogP contribution < -0.4 is 5.32 Å². The molecular formula is C15H32N2O. The van der Waals surface area contributed by atoms with Gasteiger partial charge in [-0.1, -0.05) is 34.1 Å². The Labute approximate surface area is 113 Å². The number of hydrogen-bond acceptors (Lipinski definition) is 3. The molecule has 0 aromatic heterocycles. The first kappa shape index (κ1) is 15.9. The molecule has 3 nitrogen and oxygen atoms in total. The van der Waals surface area contributed by atoms with Crippen LogP contribution in [0.1, 0.15) is 47.0 Å². The third-order valence-electron chi connectivity index (χ3n) is 3.99. The number of nitrogens with one attached hydrogen (secondary N) is 1. The molecule has 1 fully saturated rings. The average Bonchev–Trinajstić information content (AvgIpc) is 2.39. The van der Waals surface area contributed by atoms with E-state index in [4.69, 9.17) is 4.74 Å². The van der Waals surface area contributed by atoms with E-state index >= 15 is 0 Å². The minimum absolute atomic E-state index is 0.374. The van der Waals surface area contributed by atoms with Gasteiger partial charge in [-0.15, -0.1) is 0 Å². The van der Waals surface area contributed by atoms with Gasteiger partial charge in [0.1, 0.15) is 0 Å². The number of morpholine rings is 1. The number of hydrogen-bond donors (Lipinski definition) is 1.